The van der Waals surface area contributed by atoms with Gasteiger partial charge in [-0.15, -0.1) is 23.2 Å². The first-order chi connectivity index (χ1) is 11.0. The Morgan fingerprint density at radius 3 is 2.22 bits per heavy atom. The normalized spacial score (nSPS) is 12.3. The molecular weight excluding hydrogens is 341 g/mol. The summed E-state index contributed by atoms with van der Waals surface area (Å²) in [5.74, 6) is -0.476. The summed E-state index contributed by atoms with van der Waals surface area (Å²) in [5, 5.41) is 8.98. The minimum atomic E-state index is -0.984. The van der Waals surface area contributed by atoms with E-state index in [1.165, 1.54) is 6.42 Å². The number of carboxylic acid groups (broad SMARTS) is 1. The fraction of sp³-hybridized carbons (Fsp3) is 0.875. The van der Waals surface area contributed by atoms with E-state index in [1.807, 2.05) is 4.90 Å². The number of esters is 1. The van der Waals surface area contributed by atoms with Crippen molar-refractivity contribution in [1.29, 1.82) is 0 Å². The van der Waals surface area contributed by atoms with E-state index in [4.69, 9.17) is 33.0 Å². The van der Waals surface area contributed by atoms with E-state index in [0.29, 0.717) is 37.8 Å². The summed E-state index contributed by atoms with van der Waals surface area (Å²) in [7, 11) is 0. The standard InChI is InChI=1S/C16H29Cl2NO4/c1-2-3-4-5-6-7-16(22)23-14(12-15(20)21)13-19(10-8-17)11-9-18/h14H,2-13H2,1H3,(H,20,21). The Labute approximate surface area is 149 Å². The van der Waals surface area contributed by atoms with E-state index < -0.39 is 12.1 Å². The monoisotopic (exact) mass is 369 g/mol. The molecule has 0 aliphatic heterocycles. The summed E-state index contributed by atoms with van der Waals surface area (Å²) in [6, 6.07) is 0. The Kier molecular flexibility index (Phi) is 14.7. The molecular formula is C16H29Cl2NO4. The van der Waals surface area contributed by atoms with Gasteiger partial charge >= 0.3 is 11.9 Å². The highest BCUT2D eigenvalue weighted by molar-refractivity contribution is 6.18. The van der Waals surface area contributed by atoms with Crippen LogP contribution >= 0.6 is 23.2 Å². The molecule has 0 rings (SSSR count). The average Bonchev–Trinajstić information content (AvgIpc) is 2.46. The van der Waals surface area contributed by atoms with E-state index in [1.54, 1.807) is 0 Å². The highest BCUT2D eigenvalue weighted by Gasteiger charge is 2.21. The van der Waals surface area contributed by atoms with Crippen LogP contribution in [0.25, 0.3) is 0 Å². The number of hydrogen-bond acceptors (Lipinski definition) is 4. The summed E-state index contributed by atoms with van der Waals surface area (Å²) in [6.07, 6.45) is 4.68. The van der Waals surface area contributed by atoms with Gasteiger partial charge in [0.25, 0.3) is 0 Å². The van der Waals surface area contributed by atoms with Gasteiger partial charge in [0, 0.05) is 37.8 Å². The number of alkyl halides is 2. The van der Waals surface area contributed by atoms with Gasteiger partial charge in [-0.3, -0.25) is 14.5 Å². The summed E-state index contributed by atoms with van der Waals surface area (Å²) in [5.41, 5.74) is 0. The van der Waals surface area contributed by atoms with Gasteiger partial charge in [-0.2, -0.15) is 0 Å². The van der Waals surface area contributed by atoms with Gasteiger partial charge in [-0.05, 0) is 6.42 Å². The van der Waals surface area contributed by atoms with E-state index in [9.17, 15) is 9.59 Å². The number of carbonyl (C=O) groups is 2. The van der Waals surface area contributed by atoms with Crippen molar-refractivity contribution < 1.29 is 19.4 Å². The zero-order chi connectivity index (χ0) is 17.5. The third kappa shape index (κ3) is 13.6. The minimum Gasteiger partial charge on any atom is -0.481 e. The third-order valence-electron chi connectivity index (χ3n) is 3.45. The Morgan fingerprint density at radius 1 is 1.09 bits per heavy atom. The second kappa shape index (κ2) is 15.0. The molecule has 0 saturated carbocycles. The van der Waals surface area contributed by atoms with Gasteiger partial charge in [-0.25, -0.2) is 0 Å². The molecule has 0 aromatic rings. The van der Waals surface area contributed by atoms with Crippen LogP contribution in [0.3, 0.4) is 0 Å². The van der Waals surface area contributed by atoms with Crippen LogP contribution in [0.1, 0.15) is 51.9 Å². The maximum Gasteiger partial charge on any atom is 0.307 e. The van der Waals surface area contributed by atoms with Crippen molar-refractivity contribution in [2.75, 3.05) is 31.4 Å². The predicted molar refractivity (Wildman–Crippen MR) is 93.4 cm³/mol. The molecule has 0 saturated heterocycles. The van der Waals surface area contributed by atoms with Crippen molar-refractivity contribution in [2.45, 2.75) is 58.0 Å². The molecule has 23 heavy (non-hydrogen) atoms. The molecule has 0 aliphatic rings. The molecule has 0 aromatic carbocycles. The topological polar surface area (TPSA) is 66.8 Å². The van der Waals surface area contributed by atoms with Crippen molar-refractivity contribution in [2.24, 2.45) is 0 Å². The molecule has 136 valence electrons. The number of hydrogen-bond donors (Lipinski definition) is 1. The number of rotatable bonds is 15. The van der Waals surface area contributed by atoms with Gasteiger partial charge in [0.05, 0.1) is 6.42 Å². The maximum atomic E-state index is 11.9. The number of carbonyl (C=O) groups excluding carboxylic acids is 1. The SMILES string of the molecule is CCCCCCCC(=O)OC(CC(=O)O)CN(CCCl)CCCl. The summed E-state index contributed by atoms with van der Waals surface area (Å²) >= 11 is 11.5. The van der Waals surface area contributed by atoms with Gasteiger partial charge in [0.2, 0.25) is 0 Å². The second-order valence-electron chi connectivity index (χ2n) is 5.55. The number of aliphatic carboxylic acids is 1. The van der Waals surface area contributed by atoms with Crippen LogP contribution in [-0.4, -0.2) is 59.4 Å². The first-order valence-corrected chi connectivity index (χ1v) is 9.35. The van der Waals surface area contributed by atoms with Gasteiger partial charge in [-0.1, -0.05) is 32.6 Å². The van der Waals surface area contributed by atoms with Crippen molar-refractivity contribution in [1.82, 2.24) is 4.90 Å². The van der Waals surface area contributed by atoms with Crippen LogP contribution in [0.2, 0.25) is 0 Å². The third-order valence-corrected chi connectivity index (χ3v) is 3.79. The first-order valence-electron chi connectivity index (χ1n) is 8.29. The number of unbranched alkanes of at least 4 members (excludes halogenated alkanes) is 4. The maximum absolute atomic E-state index is 11.9. The smallest absolute Gasteiger partial charge is 0.307 e. The van der Waals surface area contributed by atoms with Crippen LogP contribution in [-0.2, 0) is 14.3 Å². The molecule has 0 aromatic heterocycles. The number of halogens is 2. The number of ether oxygens (including phenoxy) is 1. The Morgan fingerprint density at radius 2 is 1.70 bits per heavy atom. The summed E-state index contributed by atoms with van der Waals surface area (Å²) in [6.45, 7) is 3.64. The average molecular weight is 370 g/mol. The Hall–Kier alpha value is -0.520. The zero-order valence-electron chi connectivity index (χ0n) is 13.9. The van der Waals surface area contributed by atoms with Crippen LogP contribution in [0, 0.1) is 0 Å². The molecule has 0 aliphatic carbocycles. The minimum absolute atomic E-state index is 0.206. The Balaban J connectivity index is 4.30. The summed E-state index contributed by atoms with van der Waals surface area (Å²) < 4.78 is 5.34. The molecule has 0 spiro atoms. The quantitative estimate of drug-likeness (QED) is 0.271. The molecule has 0 bridgehead atoms. The van der Waals surface area contributed by atoms with E-state index in [2.05, 4.69) is 6.92 Å². The summed E-state index contributed by atoms with van der Waals surface area (Å²) in [4.78, 5) is 24.8. The molecule has 0 radical (unpaired) electrons. The lowest BCUT2D eigenvalue weighted by molar-refractivity contribution is -0.153. The lowest BCUT2D eigenvalue weighted by Crippen LogP contribution is -2.38. The zero-order valence-corrected chi connectivity index (χ0v) is 15.4. The number of carboxylic acids is 1. The number of nitrogens with zero attached hydrogens (tertiary/aromatic N) is 1. The van der Waals surface area contributed by atoms with Gasteiger partial charge < -0.3 is 9.84 Å². The van der Waals surface area contributed by atoms with Crippen LogP contribution in [0.4, 0.5) is 0 Å². The molecule has 0 amide bonds. The van der Waals surface area contributed by atoms with Crippen molar-refractivity contribution in [3.63, 3.8) is 0 Å². The fourth-order valence-corrected chi connectivity index (χ4v) is 2.76. The lowest BCUT2D eigenvalue weighted by Gasteiger charge is -2.25. The second-order valence-corrected chi connectivity index (χ2v) is 6.31. The lowest BCUT2D eigenvalue weighted by atomic mass is 10.1. The molecule has 1 unspecified atom stereocenters. The molecule has 1 atom stereocenters. The van der Waals surface area contributed by atoms with E-state index in [-0.39, 0.29) is 12.4 Å². The fourth-order valence-electron chi connectivity index (χ4n) is 2.28. The van der Waals surface area contributed by atoms with Crippen LogP contribution in [0.5, 0.6) is 0 Å². The van der Waals surface area contributed by atoms with Crippen LogP contribution < -0.4 is 0 Å². The molecule has 0 fully saturated rings. The molecule has 7 heteroatoms. The van der Waals surface area contributed by atoms with Crippen molar-refractivity contribution in [3.8, 4) is 0 Å². The Bertz CT molecular complexity index is 323. The molecule has 0 heterocycles. The molecule has 1 N–H and O–H groups in total. The van der Waals surface area contributed by atoms with Crippen LogP contribution in [0.15, 0.2) is 0 Å². The van der Waals surface area contributed by atoms with Crippen molar-refractivity contribution in [3.05, 3.63) is 0 Å². The largest absolute Gasteiger partial charge is 0.481 e. The van der Waals surface area contributed by atoms with Gasteiger partial charge in [0.1, 0.15) is 6.10 Å². The highest BCUT2D eigenvalue weighted by atomic mass is 35.5. The highest BCUT2D eigenvalue weighted by Crippen LogP contribution is 2.09. The molecule has 5 nitrogen and oxygen atoms in total. The first kappa shape index (κ1) is 22.5. The predicted octanol–water partition coefficient (Wildman–Crippen LogP) is 3.51. The van der Waals surface area contributed by atoms with Gasteiger partial charge in [0.15, 0.2) is 0 Å². The van der Waals surface area contributed by atoms with E-state index in [0.717, 1.165) is 25.7 Å². The van der Waals surface area contributed by atoms with E-state index >= 15 is 0 Å². The van der Waals surface area contributed by atoms with Crippen molar-refractivity contribution >= 4 is 35.1 Å².